The summed E-state index contributed by atoms with van der Waals surface area (Å²) in [5.41, 5.74) is 2.94. The van der Waals surface area contributed by atoms with E-state index >= 15 is 0 Å². The Morgan fingerprint density at radius 1 is 0.895 bits per heavy atom. The van der Waals surface area contributed by atoms with Crippen molar-refractivity contribution in [2.75, 3.05) is 32.8 Å². The Bertz CT molecular complexity index is 1480. The predicted octanol–water partition coefficient (Wildman–Crippen LogP) is 4.38. The number of amides is 1. The van der Waals surface area contributed by atoms with Gasteiger partial charge in [0.25, 0.3) is 0 Å². The zero-order valence-corrected chi connectivity index (χ0v) is 21.7. The van der Waals surface area contributed by atoms with Gasteiger partial charge in [0.05, 0.1) is 51.6 Å². The molecule has 196 valence electrons. The van der Waals surface area contributed by atoms with Crippen LogP contribution in [-0.4, -0.2) is 49.4 Å². The van der Waals surface area contributed by atoms with E-state index < -0.39 is 23.8 Å². The van der Waals surface area contributed by atoms with Gasteiger partial charge in [0.2, 0.25) is 11.9 Å². The van der Waals surface area contributed by atoms with Crippen LogP contribution in [-0.2, 0) is 20.9 Å². The van der Waals surface area contributed by atoms with Crippen LogP contribution in [0.5, 0.6) is 17.2 Å². The number of carbonyl (C=O) groups excluding carboxylic acids is 2. The number of esters is 1. The van der Waals surface area contributed by atoms with Crippen LogP contribution in [0.1, 0.15) is 24.1 Å². The molecule has 4 aromatic rings. The summed E-state index contributed by atoms with van der Waals surface area (Å²) in [6.07, 6.45) is 0. The van der Waals surface area contributed by atoms with Gasteiger partial charge in [0.1, 0.15) is 5.75 Å². The highest BCUT2D eigenvalue weighted by atomic mass is 16.5. The number of carbonyl (C=O) groups is 2. The van der Waals surface area contributed by atoms with E-state index in [1.807, 2.05) is 59.2 Å². The summed E-state index contributed by atoms with van der Waals surface area (Å²) >= 11 is 0. The Balaban J connectivity index is 1.80. The molecule has 1 aliphatic rings. The van der Waals surface area contributed by atoms with Crippen molar-refractivity contribution in [1.82, 2.24) is 9.55 Å². The van der Waals surface area contributed by atoms with Gasteiger partial charge in [0.15, 0.2) is 17.4 Å². The van der Waals surface area contributed by atoms with Gasteiger partial charge >= 0.3 is 5.97 Å². The van der Waals surface area contributed by atoms with Crippen LogP contribution < -0.4 is 19.1 Å². The van der Waals surface area contributed by atoms with Crippen molar-refractivity contribution < 1.29 is 28.5 Å². The van der Waals surface area contributed by atoms with Crippen LogP contribution in [0, 0.1) is 5.92 Å². The number of anilines is 1. The highest BCUT2D eigenvalue weighted by molar-refractivity contribution is 6.08. The van der Waals surface area contributed by atoms with Crippen LogP contribution in [0.15, 0.2) is 66.7 Å². The van der Waals surface area contributed by atoms with E-state index in [9.17, 15) is 9.59 Å². The largest absolute Gasteiger partial charge is 0.496 e. The molecule has 0 radical (unpaired) electrons. The first-order valence-corrected chi connectivity index (χ1v) is 12.3. The summed E-state index contributed by atoms with van der Waals surface area (Å²) in [5, 5.41) is 0. The fourth-order valence-corrected chi connectivity index (χ4v) is 5.03. The molecule has 3 aromatic carbocycles. The van der Waals surface area contributed by atoms with Gasteiger partial charge in [-0.25, -0.2) is 4.98 Å². The highest BCUT2D eigenvalue weighted by Gasteiger charge is 2.49. The van der Waals surface area contributed by atoms with Crippen molar-refractivity contribution in [2.24, 2.45) is 5.92 Å². The Morgan fingerprint density at radius 3 is 2.24 bits per heavy atom. The van der Waals surface area contributed by atoms with E-state index in [1.54, 1.807) is 24.0 Å². The van der Waals surface area contributed by atoms with Gasteiger partial charge in [-0.15, -0.1) is 0 Å². The molecule has 0 bridgehead atoms. The molecule has 9 heteroatoms. The van der Waals surface area contributed by atoms with Crippen LogP contribution in [0.3, 0.4) is 0 Å². The molecule has 0 saturated carbocycles. The summed E-state index contributed by atoms with van der Waals surface area (Å²) in [6, 6.07) is 19.8. The maximum Gasteiger partial charge on any atom is 0.321 e. The number of methoxy groups -OCH3 is 3. The summed E-state index contributed by atoms with van der Waals surface area (Å²) in [4.78, 5) is 34.2. The number of fused-ring (bicyclic) bond motifs is 3. The molecule has 2 heterocycles. The van der Waals surface area contributed by atoms with Gasteiger partial charge in [-0.3, -0.25) is 14.5 Å². The molecule has 0 N–H and O–H groups in total. The fourth-order valence-electron chi connectivity index (χ4n) is 5.03. The lowest BCUT2D eigenvalue weighted by molar-refractivity contribution is -0.153. The Labute approximate surface area is 220 Å². The second-order valence-corrected chi connectivity index (χ2v) is 8.80. The Hall–Kier alpha value is -4.53. The molecular weight excluding hydrogens is 486 g/mol. The molecule has 9 nitrogen and oxygen atoms in total. The molecule has 1 amide bonds. The Morgan fingerprint density at radius 2 is 1.55 bits per heavy atom. The second kappa shape index (κ2) is 10.5. The molecule has 0 saturated heterocycles. The first-order chi connectivity index (χ1) is 18.5. The van der Waals surface area contributed by atoms with Gasteiger partial charge in [-0.05, 0) is 30.7 Å². The number of hydrogen-bond donors (Lipinski definition) is 0. The predicted molar refractivity (Wildman–Crippen MR) is 142 cm³/mol. The quantitative estimate of drug-likeness (QED) is 0.254. The average molecular weight is 516 g/mol. The van der Waals surface area contributed by atoms with Gasteiger partial charge in [0, 0.05) is 11.6 Å². The third kappa shape index (κ3) is 4.19. The number of aromatic nitrogens is 2. The number of imidazole rings is 1. The van der Waals surface area contributed by atoms with Crippen LogP contribution >= 0.6 is 0 Å². The minimum atomic E-state index is -1.20. The number of para-hydroxylation sites is 2. The number of ether oxygens (including phenoxy) is 4. The normalized spacial score (nSPS) is 16.7. The van der Waals surface area contributed by atoms with Crippen molar-refractivity contribution >= 4 is 28.9 Å². The summed E-state index contributed by atoms with van der Waals surface area (Å²) in [5.74, 6) is -0.452. The van der Waals surface area contributed by atoms with E-state index in [-0.39, 0.29) is 13.2 Å². The second-order valence-electron chi connectivity index (χ2n) is 8.80. The fraction of sp³-hybridized carbons (Fsp3) is 0.276. The topological polar surface area (TPSA) is 92.1 Å². The van der Waals surface area contributed by atoms with Gasteiger partial charge in [-0.2, -0.15) is 0 Å². The lowest BCUT2D eigenvalue weighted by Gasteiger charge is -2.38. The zero-order valence-electron chi connectivity index (χ0n) is 21.7. The number of nitrogens with zero attached hydrogens (tertiary/aromatic N) is 3. The van der Waals surface area contributed by atoms with Gasteiger partial charge < -0.3 is 23.5 Å². The van der Waals surface area contributed by atoms with E-state index in [1.165, 1.54) is 21.3 Å². The zero-order chi connectivity index (χ0) is 26.8. The molecule has 1 aliphatic heterocycles. The van der Waals surface area contributed by atoms with Crippen LogP contribution in [0.4, 0.5) is 5.95 Å². The maximum absolute atomic E-state index is 14.2. The number of hydrogen-bond acceptors (Lipinski definition) is 7. The number of rotatable bonds is 8. The van der Waals surface area contributed by atoms with Crippen molar-refractivity contribution in [1.29, 1.82) is 0 Å². The summed E-state index contributed by atoms with van der Waals surface area (Å²) in [6.45, 7) is 2.10. The number of benzene rings is 3. The lowest BCUT2D eigenvalue weighted by atomic mass is 9.88. The maximum atomic E-state index is 14.2. The molecule has 0 unspecified atom stereocenters. The average Bonchev–Trinajstić information content (AvgIpc) is 3.33. The molecule has 2 atom stereocenters. The van der Waals surface area contributed by atoms with Crippen molar-refractivity contribution in [3.8, 4) is 17.2 Å². The minimum Gasteiger partial charge on any atom is -0.496 e. The Kier molecular flexibility index (Phi) is 6.91. The summed E-state index contributed by atoms with van der Waals surface area (Å²) in [7, 11) is 4.59. The highest BCUT2D eigenvalue weighted by Crippen LogP contribution is 2.47. The third-order valence-corrected chi connectivity index (χ3v) is 6.72. The molecule has 0 fully saturated rings. The molecule has 5 rings (SSSR count). The SMILES string of the molecule is CCOC(=O)[C@H]1C(=O)N(Cc2ccccc2)c2nc3ccccc3n2[C@H]1c1cc(OC)c(OC)cc1OC. The van der Waals surface area contributed by atoms with Crippen LogP contribution in [0.2, 0.25) is 0 Å². The molecule has 0 aliphatic carbocycles. The van der Waals surface area contributed by atoms with Crippen molar-refractivity contribution in [3.05, 3.63) is 77.9 Å². The molecular formula is C29H29N3O6. The van der Waals surface area contributed by atoms with E-state index in [4.69, 9.17) is 23.9 Å². The van der Waals surface area contributed by atoms with Crippen molar-refractivity contribution in [2.45, 2.75) is 19.5 Å². The van der Waals surface area contributed by atoms with Gasteiger partial charge in [-0.1, -0.05) is 42.5 Å². The lowest BCUT2D eigenvalue weighted by Crippen LogP contribution is -2.49. The first-order valence-electron chi connectivity index (χ1n) is 12.3. The van der Waals surface area contributed by atoms with E-state index in [0.717, 1.165) is 11.1 Å². The molecule has 38 heavy (non-hydrogen) atoms. The van der Waals surface area contributed by atoms with E-state index in [0.29, 0.717) is 34.3 Å². The van der Waals surface area contributed by atoms with Crippen molar-refractivity contribution in [3.63, 3.8) is 0 Å². The molecule has 0 spiro atoms. The van der Waals surface area contributed by atoms with E-state index in [2.05, 4.69) is 0 Å². The first kappa shape index (κ1) is 25.1. The monoisotopic (exact) mass is 515 g/mol. The third-order valence-electron chi connectivity index (χ3n) is 6.72. The minimum absolute atomic E-state index is 0.134. The standard InChI is InChI=1S/C29H29N3O6/c1-5-38-28(34)25-26(19-15-23(36-3)24(37-4)16-22(19)35-2)32-21-14-10-9-13-20(21)30-29(32)31(27(25)33)17-18-11-7-6-8-12-18/h6-16,25-26H,5,17H2,1-4H3/t25-,26+/m1/s1. The smallest absolute Gasteiger partial charge is 0.321 e. The van der Waals surface area contributed by atoms with Crippen LogP contribution in [0.25, 0.3) is 11.0 Å². The molecule has 1 aromatic heterocycles. The summed E-state index contributed by atoms with van der Waals surface area (Å²) < 4.78 is 24.2.